The van der Waals surface area contributed by atoms with Gasteiger partial charge in [0, 0.05) is 6.92 Å². The van der Waals surface area contributed by atoms with E-state index in [0.29, 0.717) is 19.3 Å². The highest BCUT2D eigenvalue weighted by atomic mass is 32.2. The molecule has 0 saturated carbocycles. The van der Waals surface area contributed by atoms with Crippen LogP contribution in [0.3, 0.4) is 0 Å². The van der Waals surface area contributed by atoms with E-state index in [1.54, 1.807) is 25.7 Å². The molecule has 1 saturated heterocycles. The van der Waals surface area contributed by atoms with Crippen molar-refractivity contribution in [2.75, 3.05) is 6.54 Å². The summed E-state index contributed by atoms with van der Waals surface area (Å²) in [5.74, 6) is -1.21. The Morgan fingerprint density at radius 1 is 1.00 bits per heavy atom. The van der Waals surface area contributed by atoms with Crippen molar-refractivity contribution in [3.63, 3.8) is 0 Å². The topological polar surface area (TPSA) is 92.8 Å². The molecular weight excluding hydrogens is 476 g/mol. The molecule has 2 aromatic carbocycles. The van der Waals surface area contributed by atoms with Crippen molar-refractivity contribution in [1.29, 1.82) is 0 Å². The standard InChI is InChI=1S/C28H34N2O5S/c1-19(31)36-24(17-20-11-7-5-8-12-20)26(33)29-18-25(32)30-22(21-13-9-6-10-14-21)15-16-23(30)27(34)35-28(2,3)4/h5-14,22-24H,15-18H2,1-4H3,(H,29,33)/t22?,23-,24?/m0/s1. The summed E-state index contributed by atoms with van der Waals surface area (Å²) in [7, 11) is 0. The first-order chi connectivity index (χ1) is 17.0. The Kier molecular flexibility index (Phi) is 9.31. The van der Waals surface area contributed by atoms with Crippen molar-refractivity contribution in [3.8, 4) is 0 Å². The van der Waals surface area contributed by atoms with Crippen molar-refractivity contribution in [2.24, 2.45) is 0 Å². The number of rotatable bonds is 8. The lowest BCUT2D eigenvalue weighted by molar-refractivity contribution is -0.164. The Bertz CT molecular complexity index is 1070. The van der Waals surface area contributed by atoms with Crippen LogP contribution in [0.5, 0.6) is 0 Å². The number of carbonyl (C=O) groups is 4. The smallest absolute Gasteiger partial charge is 0.329 e. The average molecular weight is 511 g/mol. The zero-order valence-electron chi connectivity index (χ0n) is 21.2. The minimum Gasteiger partial charge on any atom is -0.458 e. The first kappa shape index (κ1) is 27.5. The Balaban J connectivity index is 1.75. The van der Waals surface area contributed by atoms with Crippen LogP contribution in [0, 0.1) is 0 Å². The molecule has 0 radical (unpaired) electrons. The molecule has 3 atom stereocenters. The van der Waals surface area contributed by atoms with Gasteiger partial charge in [0.1, 0.15) is 11.6 Å². The van der Waals surface area contributed by atoms with Gasteiger partial charge in [0.15, 0.2) is 5.12 Å². The summed E-state index contributed by atoms with van der Waals surface area (Å²) >= 11 is 0.946. The van der Waals surface area contributed by atoms with Gasteiger partial charge in [-0.25, -0.2) is 4.79 Å². The van der Waals surface area contributed by atoms with Crippen LogP contribution in [0.15, 0.2) is 60.7 Å². The SMILES string of the molecule is CC(=O)SC(Cc1ccccc1)C(=O)NCC(=O)N1C(c2ccccc2)CC[C@H]1C(=O)OC(C)(C)C. The number of hydrogen-bond acceptors (Lipinski definition) is 6. The predicted octanol–water partition coefficient (Wildman–Crippen LogP) is 4.07. The molecule has 1 fully saturated rings. The van der Waals surface area contributed by atoms with Crippen molar-refractivity contribution in [2.45, 2.75) is 69.9 Å². The van der Waals surface area contributed by atoms with E-state index < -0.39 is 28.8 Å². The first-order valence-electron chi connectivity index (χ1n) is 12.1. The minimum absolute atomic E-state index is 0.175. The Morgan fingerprint density at radius 3 is 2.19 bits per heavy atom. The van der Waals surface area contributed by atoms with Gasteiger partial charge in [-0.2, -0.15) is 0 Å². The molecule has 0 spiro atoms. The van der Waals surface area contributed by atoms with Crippen molar-refractivity contribution < 1.29 is 23.9 Å². The number of nitrogens with zero attached hydrogens (tertiary/aromatic N) is 1. The van der Waals surface area contributed by atoms with E-state index in [1.807, 2.05) is 60.7 Å². The van der Waals surface area contributed by atoms with Gasteiger partial charge in [0.05, 0.1) is 17.8 Å². The molecule has 2 aromatic rings. The van der Waals surface area contributed by atoms with E-state index in [2.05, 4.69) is 5.32 Å². The van der Waals surface area contributed by atoms with Crippen molar-refractivity contribution in [1.82, 2.24) is 10.2 Å². The van der Waals surface area contributed by atoms with E-state index in [4.69, 9.17) is 4.74 Å². The van der Waals surface area contributed by atoms with E-state index in [1.165, 1.54) is 6.92 Å². The molecule has 2 unspecified atom stereocenters. The summed E-state index contributed by atoms with van der Waals surface area (Å²) in [5.41, 5.74) is 1.17. The summed E-state index contributed by atoms with van der Waals surface area (Å²) in [5, 5.41) is 1.87. The molecule has 2 amide bonds. The third-order valence-electron chi connectivity index (χ3n) is 5.81. The fourth-order valence-corrected chi connectivity index (χ4v) is 5.21. The number of esters is 1. The fraction of sp³-hybridized carbons (Fsp3) is 0.429. The second kappa shape index (κ2) is 12.2. The Hall–Kier alpha value is -3.13. The number of ether oxygens (including phenoxy) is 1. The largest absolute Gasteiger partial charge is 0.458 e. The molecule has 192 valence electrons. The number of likely N-dealkylation sites (tertiary alicyclic amines) is 1. The lowest BCUT2D eigenvalue weighted by Gasteiger charge is -2.31. The maximum atomic E-state index is 13.4. The zero-order chi connectivity index (χ0) is 26.3. The van der Waals surface area contributed by atoms with Gasteiger partial charge in [0.2, 0.25) is 11.8 Å². The first-order valence-corrected chi connectivity index (χ1v) is 13.0. The Morgan fingerprint density at radius 2 is 1.61 bits per heavy atom. The van der Waals surface area contributed by atoms with Crippen LogP contribution in [0.1, 0.15) is 57.7 Å². The zero-order valence-corrected chi connectivity index (χ0v) is 22.0. The average Bonchev–Trinajstić information content (AvgIpc) is 3.27. The normalized spacial score (nSPS) is 18.4. The van der Waals surface area contributed by atoms with Gasteiger partial charge >= 0.3 is 5.97 Å². The molecule has 1 aliphatic rings. The van der Waals surface area contributed by atoms with Crippen LogP contribution in [0.25, 0.3) is 0 Å². The van der Waals surface area contributed by atoms with Gasteiger partial charge in [-0.3, -0.25) is 14.4 Å². The van der Waals surface area contributed by atoms with Crippen LogP contribution in [-0.2, 0) is 30.3 Å². The van der Waals surface area contributed by atoms with Crippen LogP contribution in [-0.4, -0.2) is 51.2 Å². The van der Waals surface area contributed by atoms with Gasteiger partial charge in [-0.15, -0.1) is 0 Å². The predicted molar refractivity (Wildman–Crippen MR) is 140 cm³/mol. The highest BCUT2D eigenvalue weighted by Gasteiger charge is 2.43. The van der Waals surface area contributed by atoms with E-state index >= 15 is 0 Å². The van der Waals surface area contributed by atoms with Crippen molar-refractivity contribution >= 4 is 34.7 Å². The number of benzene rings is 2. The molecule has 8 heteroatoms. The molecular formula is C28H34N2O5S. The maximum absolute atomic E-state index is 13.4. The number of nitrogens with one attached hydrogen (secondary N) is 1. The number of hydrogen-bond donors (Lipinski definition) is 1. The number of carbonyl (C=O) groups excluding carboxylic acids is 4. The number of amides is 2. The summed E-state index contributed by atoms with van der Waals surface area (Å²) in [6, 6.07) is 18.0. The van der Waals surface area contributed by atoms with Crippen LogP contribution < -0.4 is 5.32 Å². The molecule has 0 aliphatic carbocycles. The van der Waals surface area contributed by atoms with Gasteiger partial charge in [-0.05, 0) is 51.2 Å². The van der Waals surface area contributed by atoms with E-state index in [9.17, 15) is 19.2 Å². The third kappa shape index (κ3) is 7.68. The quantitative estimate of drug-likeness (QED) is 0.539. The fourth-order valence-electron chi connectivity index (χ4n) is 4.35. The lowest BCUT2D eigenvalue weighted by Crippen LogP contribution is -2.49. The van der Waals surface area contributed by atoms with Gasteiger partial charge in [0.25, 0.3) is 0 Å². The van der Waals surface area contributed by atoms with Gasteiger partial charge < -0.3 is 15.0 Å². The molecule has 36 heavy (non-hydrogen) atoms. The lowest BCUT2D eigenvalue weighted by atomic mass is 10.0. The summed E-state index contributed by atoms with van der Waals surface area (Å²) < 4.78 is 5.60. The van der Waals surface area contributed by atoms with Gasteiger partial charge in [-0.1, -0.05) is 72.4 Å². The van der Waals surface area contributed by atoms with E-state index in [-0.39, 0.29) is 23.6 Å². The molecule has 1 N–H and O–H groups in total. The third-order valence-corrected chi connectivity index (χ3v) is 6.81. The molecule has 0 aromatic heterocycles. The van der Waals surface area contributed by atoms with Crippen molar-refractivity contribution in [3.05, 3.63) is 71.8 Å². The number of thioether (sulfide) groups is 1. The second-order valence-electron chi connectivity index (χ2n) is 9.86. The summed E-state index contributed by atoms with van der Waals surface area (Å²) in [6.07, 6.45) is 1.46. The highest BCUT2D eigenvalue weighted by molar-refractivity contribution is 8.14. The molecule has 1 heterocycles. The van der Waals surface area contributed by atoms with Crippen LogP contribution in [0.4, 0.5) is 0 Å². The highest BCUT2D eigenvalue weighted by Crippen LogP contribution is 2.37. The monoisotopic (exact) mass is 510 g/mol. The molecule has 7 nitrogen and oxygen atoms in total. The Labute approximate surface area is 217 Å². The summed E-state index contributed by atoms with van der Waals surface area (Å²) in [6.45, 7) is 6.52. The van der Waals surface area contributed by atoms with Crippen LogP contribution >= 0.6 is 11.8 Å². The summed E-state index contributed by atoms with van der Waals surface area (Å²) in [4.78, 5) is 52.8. The molecule has 1 aliphatic heterocycles. The molecule has 0 bridgehead atoms. The molecule has 3 rings (SSSR count). The van der Waals surface area contributed by atoms with Crippen LogP contribution in [0.2, 0.25) is 0 Å². The maximum Gasteiger partial charge on any atom is 0.329 e. The second-order valence-corrected chi connectivity index (χ2v) is 11.2. The van der Waals surface area contributed by atoms with E-state index in [0.717, 1.165) is 22.9 Å². The minimum atomic E-state index is -0.731.